The van der Waals surface area contributed by atoms with Gasteiger partial charge < -0.3 is 10.6 Å². The van der Waals surface area contributed by atoms with Crippen molar-refractivity contribution >= 4 is 11.7 Å². The molecule has 3 heteroatoms. The Morgan fingerprint density at radius 1 is 1.33 bits per heavy atom. The molecule has 0 spiro atoms. The Morgan fingerprint density at radius 2 is 2.13 bits per heavy atom. The second-order valence-corrected chi connectivity index (χ2v) is 3.82. The maximum Gasteiger partial charge on any atom is 0.319 e. The number of aryl methyl sites for hydroxylation is 2. The molecule has 0 heterocycles. The van der Waals surface area contributed by atoms with E-state index in [1.54, 1.807) is 0 Å². The van der Waals surface area contributed by atoms with Gasteiger partial charge in [0.15, 0.2) is 0 Å². The Bertz CT molecular complexity index is 374. The molecule has 2 amide bonds. The first kappa shape index (κ1) is 10.0. The molecule has 80 valence electrons. The van der Waals surface area contributed by atoms with Gasteiger partial charge in [0.1, 0.15) is 0 Å². The lowest BCUT2D eigenvalue weighted by molar-refractivity contribution is 0.252. The predicted molar refractivity (Wildman–Crippen MR) is 61.2 cm³/mol. The number of benzene rings is 1. The zero-order valence-corrected chi connectivity index (χ0v) is 8.97. The molecule has 2 rings (SSSR count). The second-order valence-electron chi connectivity index (χ2n) is 3.82. The molecule has 1 aliphatic rings. The molecule has 0 aliphatic heterocycles. The van der Waals surface area contributed by atoms with E-state index in [0.717, 1.165) is 12.1 Å². The molecule has 0 aromatic heterocycles. The average Bonchev–Trinajstić information content (AvgIpc) is 2.65. The van der Waals surface area contributed by atoms with Gasteiger partial charge in [-0.05, 0) is 49.4 Å². The quantitative estimate of drug-likeness (QED) is 0.762. The summed E-state index contributed by atoms with van der Waals surface area (Å²) in [4.78, 5) is 11.3. The topological polar surface area (TPSA) is 41.1 Å². The number of hydrogen-bond acceptors (Lipinski definition) is 1. The van der Waals surface area contributed by atoms with Crippen molar-refractivity contribution in [2.75, 3.05) is 11.9 Å². The summed E-state index contributed by atoms with van der Waals surface area (Å²) in [5, 5.41) is 5.53. The average molecular weight is 204 g/mol. The van der Waals surface area contributed by atoms with Gasteiger partial charge in [-0.1, -0.05) is 6.07 Å². The Morgan fingerprint density at radius 3 is 2.93 bits per heavy atom. The van der Waals surface area contributed by atoms with Crippen LogP contribution in [0.15, 0.2) is 18.2 Å². The molecular weight excluding hydrogens is 188 g/mol. The van der Waals surface area contributed by atoms with Gasteiger partial charge in [0.25, 0.3) is 0 Å². The fourth-order valence-corrected chi connectivity index (χ4v) is 1.99. The third-order valence-electron chi connectivity index (χ3n) is 2.69. The number of carbonyl (C=O) groups excluding carboxylic acids is 1. The van der Waals surface area contributed by atoms with Gasteiger partial charge in [0.05, 0.1) is 0 Å². The normalized spacial score (nSPS) is 13.4. The first-order valence-electron chi connectivity index (χ1n) is 5.46. The SMILES string of the molecule is CCNC(=O)Nc1ccc2c(c1)CCC2. The van der Waals surface area contributed by atoms with Crippen molar-refractivity contribution in [1.82, 2.24) is 5.32 Å². The number of fused-ring (bicyclic) bond motifs is 1. The third kappa shape index (κ3) is 2.29. The first-order valence-corrected chi connectivity index (χ1v) is 5.46. The number of urea groups is 1. The fourth-order valence-electron chi connectivity index (χ4n) is 1.99. The molecule has 15 heavy (non-hydrogen) atoms. The summed E-state index contributed by atoms with van der Waals surface area (Å²) < 4.78 is 0. The molecule has 0 atom stereocenters. The van der Waals surface area contributed by atoms with Gasteiger partial charge in [0.2, 0.25) is 0 Å². The highest BCUT2D eigenvalue weighted by molar-refractivity contribution is 5.89. The van der Waals surface area contributed by atoms with E-state index in [1.165, 1.54) is 24.0 Å². The van der Waals surface area contributed by atoms with E-state index in [0.29, 0.717) is 6.54 Å². The zero-order valence-electron chi connectivity index (χ0n) is 8.97. The van der Waals surface area contributed by atoms with Crippen LogP contribution in [0.5, 0.6) is 0 Å². The minimum Gasteiger partial charge on any atom is -0.338 e. The molecule has 1 aromatic carbocycles. The van der Waals surface area contributed by atoms with Crippen LogP contribution < -0.4 is 10.6 Å². The van der Waals surface area contributed by atoms with Crippen LogP contribution in [0.1, 0.15) is 24.5 Å². The van der Waals surface area contributed by atoms with Gasteiger partial charge in [-0.25, -0.2) is 4.79 Å². The number of carbonyl (C=O) groups is 1. The van der Waals surface area contributed by atoms with Crippen molar-refractivity contribution in [1.29, 1.82) is 0 Å². The summed E-state index contributed by atoms with van der Waals surface area (Å²) in [5.41, 5.74) is 3.70. The highest BCUT2D eigenvalue weighted by Gasteiger charge is 2.11. The summed E-state index contributed by atoms with van der Waals surface area (Å²) in [6.07, 6.45) is 3.55. The minimum atomic E-state index is -0.129. The van der Waals surface area contributed by atoms with E-state index < -0.39 is 0 Å². The Balaban J connectivity index is 2.06. The van der Waals surface area contributed by atoms with Crippen molar-refractivity contribution in [3.05, 3.63) is 29.3 Å². The highest BCUT2D eigenvalue weighted by Crippen LogP contribution is 2.24. The molecule has 3 nitrogen and oxygen atoms in total. The van der Waals surface area contributed by atoms with Crippen molar-refractivity contribution < 1.29 is 4.79 Å². The Kier molecular flexibility index (Phi) is 2.90. The fraction of sp³-hybridized carbons (Fsp3) is 0.417. The lowest BCUT2D eigenvalue weighted by atomic mass is 10.1. The predicted octanol–water partition coefficient (Wildman–Crippen LogP) is 2.32. The summed E-state index contributed by atoms with van der Waals surface area (Å²) in [6, 6.07) is 6.04. The number of anilines is 1. The summed E-state index contributed by atoms with van der Waals surface area (Å²) in [7, 11) is 0. The van der Waals surface area contributed by atoms with Crippen LogP contribution in [0, 0.1) is 0 Å². The van der Waals surface area contributed by atoms with Gasteiger partial charge in [0, 0.05) is 12.2 Å². The molecule has 2 N–H and O–H groups in total. The highest BCUT2D eigenvalue weighted by atomic mass is 16.2. The van der Waals surface area contributed by atoms with Crippen molar-refractivity contribution in [3.63, 3.8) is 0 Å². The van der Waals surface area contributed by atoms with E-state index in [4.69, 9.17) is 0 Å². The van der Waals surface area contributed by atoms with Gasteiger partial charge in [-0.3, -0.25) is 0 Å². The molecular formula is C12H16N2O. The maximum atomic E-state index is 11.3. The molecule has 0 unspecified atom stereocenters. The van der Waals surface area contributed by atoms with E-state index in [1.807, 2.05) is 13.0 Å². The van der Waals surface area contributed by atoms with Crippen LogP contribution in [-0.4, -0.2) is 12.6 Å². The minimum absolute atomic E-state index is 0.129. The summed E-state index contributed by atoms with van der Waals surface area (Å²) in [5.74, 6) is 0. The second kappa shape index (κ2) is 4.34. The van der Waals surface area contributed by atoms with Crippen molar-refractivity contribution in [3.8, 4) is 0 Å². The van der Waals surface area contributed by atoms with Crippen molar-refractivity contribution in [2.45, 2.75) is 26.2 Å². The molecule has 0 radical (unpaired) electrons. The Hall–Kier alpha value is -1.51. The van der Waals surface area contributed by atoms with Gasteiger partial charge in [-0.15, -0.1) is 0 Å². The number of rotatable bonds is 2. The Labute approximate surface area is 89.9 Å². The molecule has 0 bridgehead atoms. The molecule has 1 aliphatic carbocycles. The van der Waals surface area contributed by atoms with Crippen LogP contribution in [-0.2, 0) is 12.8 Å². The maximum absolute atomic E-state index is 11.3. The van der Waals surface area contributed by atoms with Crippen LogP contribution in [0.2, 0.25) is 0 Å². The molecule has 0 saturated heterocycles. The van der Waals surface area contributed by atoms with Crippen LogP contribution in [0.3, 0.4) is 0 Å². The number of amides is 2. The van der Waals surface area contributed by atoms with Gasteiger partial charge >= 0.3 is 6.03 Å². The lowest BCUT2D eigenvalue weighted by Crippen LogP contribution is -2.28. The van der Waals surface area contributed by atoms with E-state index >= 15 is 0 Å². The monoisotopic (exact) mass is 204 g/mol. The molecule has 1 aromatic rings. The lowest BCUT2D eigenvalue weighted by Gasteiger charge is -2.07. The smallest absolute Gasteiger partial charge is 0.319 e. The number of hydrogen-bond donors (Lipinski definition) is 2. The van der Waals surface area contributed by atoms with Crippen LogP contribution in [0.4, 0.5) is 10.5 Å². The standard InChI is InChI=1S/C12H16N2O/c1-2-13-12(15)14-11-7-6-9-4-3-5-10(9)8-11/h6-8H,2-5H2,1H3,(H2,13,14,15). The largest absolute Gasteiger partial charge is 0.338 e. The van der Waals surface area contributed by atoms with Crippen LogP contribution in [0.25, 0.3) is 0 Å². The van der Waals surface area contributed by atoms with E-state index in [-0.39, 0.29) is 6.03 Å². The van der Waals surface area contributed by atoms with Crippen LogP contribution >= 0.6 is 0 Å². The molecule has 0 fully saturated rings. The van der Waals surface area contributed by atoms with E-state index in [9.17, 15) is 4.79 Å². The zero-order chi connectivity index (χ0) is 10.7. The van der Waals surface area contributed by atoms with Gasteiger partial charge in [-0.2, -0.15) is 0 Å². The molecule has 0 saturated carbocycles. The van der Waals surface area contributed by atoms with Crippen molar-refractivity contribution in [2.24, 2.45) is 0 Å². The van der Waals surface area contributed by atoms with E-state index in [2.05, 4.69) is 22.8 Å². The number of nitrogens with one attached hydrogen (secondary N) is 2. The first-order chi connectivity index (χ1) is 7.29. The summed E-state index contributed by atoms with van der Waals surface area (Å²) in [6.45, 7) is 2.55. The summed E-state index contributed by atoms with van der Waals surface area (Å²) >= 11 is 0. The third-order valence-corrected chi connectivity index (χ3v) is 2.69.